The SMILES string of the molecule is Cc1cc(N2CCCN(CCO)CC2)nc2ccc(NC(=O)CCc3ccc(Cl)cc3)cc12. The molecule has 4 rings (SSSR count). The Bertz CT molecular complexity index is 1100. The molecule has 0 spiro atoms. The van der Waals surface area contributed by atoms with Crippen molar-refractivity contribution in [2.24, 2.45) is 0 Å². The fraction of sp³-hybridized carbons (Fsp3) is 0.385. The third-order valence-electron chi connectivity index (χ3n) is 6.17. The molecule has 1 aliphatic heterocycles. The van der Waals surface area contributed by atoms with Gasteiger partial charge >= 0.3 is 0 Å². The van der Waals surface area contributed by atoms with Crippen LogP contribution in [-0.2, 0) is 11.2 Å². The lowest BCUT2D eigenvalue weighted by Crippen LogP contribution is -2.32. The number of carbonyl (C=O) groups excluding carboxylic acids is 1. The van der Waals surface area contributed by atoms with Gasteiger partial charge in [-0.05, 0) is 73.8 Å². The van der Waals surface area contributed by atoms with Crippen LogP contribution in [0.4, 0.5) is 11.5 Å². The van der Waals surface area contributed by atoms with Gasteiger partial charge in [-0.25, -0.2) is 4.98 Å². The number of aliphatic hydroxyl groups is 1. The molecule has 0 unspecified atom stereocenters. The number of rotatable bonds is 7. The Morgan fingerprint density at radius 1 is 1.09 bits per heavy atom. The smallest absolute Gasteiger partial charge is 0.224 e. The van der Waals surface area contributed by atoms with Crippen LogP contribution >= 0.6 is 11.6 Å². The van der Waals surface area contributed by atoms with Gasteiger partial charge in [0.25, 0.3) is 0 Å². The largest absolute Gasteiger partial charge is 0.395 e. The number of aromatic nitrogens is 1. The van der Waals surface area contributed by atoms with Crippen LogP contribution in [0.25, 0.3) is 10.9 Å². The van der Waals surface area contributed by atoms with Gasteiger partial charge in [-0.1, -0.05) is 23.7 Å². The maximum absolute atomic E-state index is 12.5. The minimum Gasteiger partial charge on any atom is -0.395 e. The van der Waals surface area contributed by atoms with Crippen molar-refractivity contribution in [1.82, 2.24) is 9.88 Å². The summed E-state index contributed by atoms with van der Waals surface area (Å²) in [6, 6.07) is 15.6. The Morgan fingerprint density at radius 2 is 1.91 bits per heavy atom. The summed E-state index contributed by atoms with van der Waals surface area (Å²) < 4.78 is 0. The number of benzene rings is 2. The quantitative estimate of drug-likeness (QED) is 0.544. The predicted octanol–water partition coefficient (Wildman–Crippen LogP) is 4.27. The van der Waals surface area contributed by atoms with Gasteiger partial charge in [0.15, 0.2) is 0 Å². The van der Waals surface area contributed by atoms with Gasteiger partial charge in [0.1, 0.15) is 5.82 Å². The molecule has 1 aliphatic rings. The Labute approximate surface area is 200 Å². The van der Waals surface area contributed by atoms with E-state index in [4.69, 9.17) is 16.6 Å². The number of aliphatic hydroxyl groups excluding tert-OH is 1. The van der Waals surface area contributed by atoms with Gasteiger partial charge in [0, 0.05) is 48.7 Å². The van der Waals surface area contributed by atoms with E-state index in [9.17, 15) is 9.90 Å². The highest BCUT2D eigenvalue weighted by Gasteiger charge is 2.17. The zero-order valence-corrected chi connectivity index (χ0v) is 19.8. The van der Waals surface area contributed by atoms with Gasteiger partial charge < -0.3 is 15.3 Å². The number of β-amino-alcohol motifs (C(OH)–C–C–N with tert-alkyl or cyclic N) is 1. The molecule has 2 aromatic carbocycles. The van der Waals surface area contributed by atoms with Crippen LogP contribution in [0, 0.1) is 6.92 Å². The molecule has 0 bridgehead atoms. The van der Waals surface area contributed by atoms with Crippen molar-refractivity contribution >= 4 is 39.9 Å². The minimum atomic E-state index is -0.0106. The predicted molar refractivity (Wildman–Crippen MR) is 135 cm³/mol. The molecule has 6 nitrogen and oxygen atoms in total. The number of carbonyl (C=O) groups is 1. The van der Waals surface area contributed by atoms with E-state index in [1.165, 1.54) is 0 Å². The van der Waals surface area contributed by atoms with Crippen LogP contribution in [0.5, 0.6) is 0 Å². The summed E-state index contributed by atoms with van der Waals surface area (Å²) in [5.41, 5.74) is 3.95. The molecule has 0 atom stereocenters. The molecular formula is C26H31ClN4O2. The first-order chi connectivity index (χ1) is 16.0. The van der Waals surface area contributed by atoms with E-state index in [-0.39, 0.29) is 12.5 Å². The molecule has 33 heavy (non-hydrogen) atoms. The molecule has 0 saturated carbocycles. The number of aryl methyl sites for hydroxylation is 2. The second kappa shape index (κ2) is 11.0. The molecule has 7 heteroatoms. The summed E-state index contributed by atoms with van der Waals surface area (Å²) in [5.74, 6) is 0.981. The maximum Gasteiger partial charge on any atom is 0.224 e. The number of amides is 1. The molecule has 0 aliphatic carbocycles. The lowest BCUT2D eigenvalue weighted by atomic mass is 10.1. The number of halogens is 1. The molecule has 1 fully saturated rings. The Hall–Kier alpha value is -2.67. The molecule has 2 heterocycles. The highest BCUT2D eigenvalue weighted by Crippen LogP contribution is 2.26. The number of pyridine rings is 1. The van der Waals surface area contributed by atoms with E-state index in [2.05, 4.69) is 28.1 Å². The first kappa shape index (κ1) is 23.5. The van der Waals surface area contributed by atoms with Gasteiger partial charge in [-0.15, -0.1) is 0 Å². The fourth-order valence-electron chi connectivity index (χ4n) is 4.31. The van der Waals surface area contributed by atoms with Gasteiger partial charge in [0.05, 0.1) is 12.1 Å². The molecule has 3 aromatic rings. The van der Waals surface area contributed by atoms with E-state index in [0.717, 1.165) is 72.7 Å². The first-order valence-corrected chi connectivity index (χ1v) is 11.9. The summed E-state index contributed by atoms with van der Waals surface area (Å²) in [6.45, 7) is 6.82. The normalized spacial score (nSPS) is 14.9. The van der Waals surface area contributed by atoms with Crippen molar-refractivity contribution in [2.45, 2.75) is 26.2 Å². The zero-order chi connectivity index (χ0) is 23.2. The minimum absolute atomic E-state index is 0.0106. The van der Waals surface area contributed by atoms with Crippen LogP contribution in [0.15, 0.2) is 48.5 Å². The first-order valence-electron chi connectivity index (χ1n) is 11.6. The molecular weight excluding hydrogens is 436 g/mol. The maximum atomic E-state index is 12.5. The van der Waals surface area contributed by atoms with Crippen molar-refractivity contribution in [3.8, 4) is 0 Å². The van der Waals surface area contributed by atoms with Gasteiger partial charge in [0.2, 0.25) is 5.91 Å². The number of nitrogens with one attached hydrogen (secondary N) is 1. The molecule has 1 amide bonds. The number of anilines is 2. The van der Waals surface area contributed by atoms with Crippen molar-refractivity contribution < 1.29 is 9.90 Å². The lowest BCUT2D eigenvalue weighted by Gasteiger charge is -2.23. The monoisotopic (exact) mass is 466 g/mol. The Kier molecular flexibility index (Phi) is 7.81. The Balaban J connectivity index is 1.42. The van der Waals surface area contributed by atoms with Crippen molar-refractivity contribution in [1.29, 1.82) is 0 Å². The van der Waals surface area contributed by atoms with Gasteiger partial charge in [-0.3, -0.25) is 9.69 Å². The second-order valence-electron chi connectivity index (χ2n) is 8.61. The van der Waals surface area contributed by atoms with Crippen molar-refractivity contribution in [3.05, 3.63) is 64.7 Å². The van der Waals surface area contributed by atoms with E-state index < -0.39 is 0 Å². The summed E-state index contributed by atoms with van der Waals surface area (Å²) >= 11 is 5.92. The zero-order valence-electron chi connectivity index (χ0n) is 19.1. The number of hydrogen-bond donors (Lipinski definition) is 2. The highest BCUT2D eigenvalue weighted by atomic mass is 35.5. The molecule has 2 N–H and O–H groups in total. The van der Waals surface area contributed by atoms with Crippen molar-refractivity contribution in [2.75, 3.05) is 49.5 Å². The topological polar surface area (TPSA) is 68.7 Å². The van der Waals surface area contributed by atoms with Crippen LogP contribution in [0.1, 0.15) is 24.0 Å². The molecule has 174 valence electrons. The van der Waals surface area contributed by atoms with Crippen LogP contribution in [0.3, 0.4) is 0 Å². The van der Waals surface area contributed by atoms with E-state index in [0.29, 0.717) is 17.9 Å². The van der Waals surface area contributed by atoms with E-state index in [1.54, 1.807) is 0 Å². The average Bonchev–Trinajstić information content (AvgIpc) is 3.05. The van der Waals surface area contributed by atoms with Crippen LogP contribution in [-0.4, -0.2) is 60.2 Å². The summed E-state index contributed by atoms with van der Waals surface area (Å²) in [5, 5.41) is 14.0. The third-order valence-corrected chi connectivity index (χ3v) is 6.42. The van der Waals surface area contributed by atoms with Gasteiger partial charge in [-0.2, -0.15) is 0 Å². The lowest BCUT2D eigenvalue weighted by molar-refractivity contribution is -0.116. The fourth-order valence-corrected chi connectivity index (χ4v) is 4.44. The number of nitrogens with zero attached hydrogens (tertiary/aromatic N) is 3. The Morgan fingerprint density at radius 3 is 2.70 bits per heavy atom. The number of fused-ring (bicyclic) bond motifs is 1. The molecule has 1 saturated heterocycles. The van der Waals surface area contributed by atoms with Crippen LogP contribution in [0.2, 0.25) is 5.02 Å². The number of hydrogen-bond acceptors (Lipinski definition) is 5. The summed E-state index contributed by atoms with van der Waals surface area (Å²) in [6.07, 6.45) is 2.14. The standard InChI is InChI=1S/C26H31ClN4O2/c1-19-17-25(31-12-2-11-30(13-14-31)15-16-32)29-24-9-8-22(18-23(19)24)28-26(33)10-5-20-3-6-21(27)7-4-20/h3-4,6-9,17-18,32H,2,5,10-16H2,1H3,(H,28,33). The molecule has 0 radical (unpaired) electrons. The van der Waals surface area contributed by atoms with E-state index in [1.807, 2.05) is 42.5 Å². The van der Waals surface area contributed by atoms with Crippen molar-refractivity contribution in [3.63, 3.8) is 0 Å². The highest BCUT2D eigenvalue weighted by molar-refractivity contribution is 6.30. The van der Waals surface area contributed by atoms with E-state index >= 15 is 0 Å². The second-order valence-corrected chi connectivity index (χ2v) is 9.05. The molecule has 1 aromatic heterocycles. The summed E-state index contributed by atoms with van der Waals surface area (Å²) in [7, 11) is 0. The average molecular weight is 467 g/mol. The van der Waals surface area contributed by atoms with Crippen LogP contribution < -0.4 is 10.2 Å². The third kappa shape index (κ3) is 6.22. The summed E-state index contributed by atoms with van der Waals surface area (Å²) in [4.78, 5) is 22.0.